The lowest BCUT2D eigenvalue weighted by atomic mass is 10.0. The average Bonchev–Trinajstić information content (AvgIpc) is 3.28. The molecule has 29 heavy (non-hydrogen) atoms. The van der Waals surface area contributed by atoms with Crippen molar-refractivity contribution in [1.82, 2.24) is 5.32 Å². The summed E-state index contributed by atoms with van der Waals surface area (Å²) in [7, 11) is -5.27. The summed E-state index contributed by atoms with van der Waals surface area (Å²) in [6, 6.07) is 9.54. The van der Waals surface area contributed by atoms with E-state index in [4.69, 9.17) is 4.74 Å². The quantitative estimate of drug-likeness (QED) is 0.676. The lowest BCUT2D eigenvalue weighted by molar-refractivity contribution is -0.124. The Morgan fingerprint density at radius 1 is 1.28 bits per heavy atom. The Balaban J connectivity index is 1.58. The zero-order valence-corrected chi connectivity index (χ0v) is 18.4. The van der Waals surface area contributed by atoms with Crippen molar-refractivity contribution in [2.45, 2.75) is 23.1 Å². The number of amides is 1. The first kappa shape index (κ1) is 21.6. The third-order valence-electron chi connectivity index (χ3n) is 4.62. The fourth-order valence-corrected chi connectivity index (χ4v) is 7.52. The highest BCUT2D eigenvalue weighted by molar-refractivity contribution is 7.94. The molecule has 0 radical (unpaired) electrons. The van der Waals surface area contributed by atoms with Crippen LogP contribution in [0, 0.1) is 0 Å². The number of carbonyl (C=O) groups is 1. The van der Waals surface area contributed by atoms with Gasteiger partial charge in [-0.1, -0.05) is 6.07 Å². The molecule has 1 N–H and O–H groups in total. The van der Waals surface area contributed by atoms with Crippen molar-refractivity contribution < 1.29 is 26.4 Å². The molecule has 0 bridgehead atoms. The monoisotopic (exact) mass is 458 g/mol. The van der Waals surface area contributed by atoms with Crippen molar-refractivity contribution in [2.75, 3.05) is 29.5 Å². The second-order valence-electron chi connectivity index (χ2n) is 7.14. The minimum atomic E-state index is -3.62. The van der Waals surface area contributed by atoms with Crippen molar-refractivity contribution >= 4 is 42.8 Å². The van der Waals surface area contributed by atoms with Crippen LogP contribution in [0.1, 0.15) is 13.3 Å². The Labute approximate surface area is 174 Å². The molecule has 0 saturated carbocycles. The fourth-order valence-electron chi connectivity index (χ4n) is 3.07. The van der Waals surface area contributed by atoms with E-state index in [9.17, 15) is 21.6 Å². The first-order chi connectivity index (χ1) is 13.5. The van der Waals surface area contributed by atoms with Crippen molar-refractivity contribution in [3.63, 3.8) is 0 Å². The molecule has 0 aliphatic carbocycles. The van der Waals surface area contributed by atoms with Gasteiger partial charge >= 0.3 is 0 Å². The van der Waals surface area contributed by atoms with E-state index in [1.165, 1.54) is 11.4 Å². The van der Waals surface area contributed by atoms with E-state index in [1.54, 1.807) is 48.7 Å². The smallest absolute Gasteiger partial charge is 0.273 e. The third-order valence-corrected chi connectivity index (χ3v) is 9.69. The van der Waals surface area contributed by atoms with Crippen LogP contribution in [0.15, 0.2) is 46.0 Å². The maximum Gasteiger partial charge on any atom is 0.273 e. The molecule has 1 aliphatic heterocycles. The number of nitrogens with zero attached hydrogens (tertiary/aromatic N) is 1. The van der Waals surface area contributed by atoms with E-state index >= 15 is 0 Å². The molecule has 1 amide bonds. The number of rotatable bonds is 7. The summed E-state index contributed by atoms with van der Waals surface area (Å²) in [6.45, 7) is 1.44. The van der Waals surface area contributed by atoms with E-state index in [1.807, 2.05) is 0 Å². The highest BCUT2D eigenvalue weighted by Crippen LogP contribution is 2.27. The van der Waals surface area contributed by atoms with Crippen LogP contribution in [0.3, 0.4) is 0 Å². The summed E-state index contributed by atoms with van der Waals surface area (Å²) in [6.07, 6.45) is 0.376. The molecule has 1 aromatic heterocycles. The summed E-state index contributed by atoms with van der Waals surface area (Å²) >= 11 is 1.14. The van der Waals surface area contributed by atoms with Crippen LogP contribution in [0.4, 0.5) is 5.69 Å². The average molecular weight is 459 g/mol. The van der Waals surface area contributed by atoms with Crippen LogP contribution in [0.5, 0.6) is 5.75 Å². The predicted molar refractivity (Wildman–Crippen MR) is 112 cm³/mol. The van der Waals surface area contributed by atoms with Gasteiger partial charge in [-0.25, -0.2) is 16.8 Å². The molecule has 1 aromatic carbocycles. The Morgan fingerprint density at radius 3 is 2.52 bits per heavy atom. The van der Waals surface area contributed by atoms with E-state index in [0.717, 1.165) is 11.3 Å². The van der Waals surface area contributed by atoms with Gasteiger partial charge in [-0.3, -0.25) is 9.10 Å². The molecular weight excluding hydrogens is 436 g/mol. The number of thiophene rings is 1. The van der Waals surface area contributed by atoms with Gasteiger partial charge in [0, 0.05) is 7.05 Å². The second kappa shape index (κ2) is 7.96. The maximum atomic E-state index is 12.5. The van der Waals surface area contributed by atoms with Crippen molar-refractivity contribution in [3.8, 4) is 5.75 Å². The maximum absolute atomic E-state index is 12.5. The van der Waals surface area contributed by atoms with Crippen LogP contribution in [-0.4, -0.2) is 53.4 Å². The minimum absolute atomic E-state index is 0.0635. The number of sulfone groups is 1. The van der Waals surface area contributed by atoms with Gasteiger partial charge < -0.3 is 10.1 Å². The number of sulfonamides is 1. The van der Waals surface area contributed by atoms with Crippen LogP contribution in [0.2, 0.25) is 0 Å². The van der Waals surface area contributed by atoms with Crippen LogP contribution in [0.25, 0.3) is 0 Å². The van der Waals surface area contributed by atoms with Crippen molar-refractivity contribution in [3.05, 3.63) is 41.8 Å². The van der Waals surface area contributed by atoms with Gasteiger partial charge in [0.15, 0.2) is 16.4 Å². The van der Waals surface area contributed by atoms with Crippen LogP contribution >= 0.6 is 11.3 Å². The largest absolute Gasteiger partial charge is 0.484 e. The SMILES string of the molecule is CN(c1ccc(OCC(=O)NC2(C)CCS(=O)(=O)C2)cc1)S(=O)(=O)c1cccs1. The Hall–Kier alpha value is -2.11. The summed E-state index contributed by atoms with van der Waals surface area (Å²) in [4.78, 5) is 12.1. The van der Waals surface area contributed by atoms with Gasteiger partial charge in [0.1, 0.15) is 9.96 Å². The lowest BCUT2D eigenvalue weighted by Crippen LogP contribution is -2.48. The molecule has 1 saturated heterocycles. The third kappa shape index (κ3) is 5.09. The van der Waals surface area contributed by atoms with Crippen LogP contribution < -0.4 is 14.4 Å². The van der Waals surface area contributed by atoms with Crippen molar-refractivity contribution in [1.29, 1.82) is 0 Å². The number of benzene rings is 1. The number of hydrogen-bond donors (Lipinski definition) is 1. The van der Waals surface area contributed by atoms with E-state index in [0.29, 0.717) is 17.9 Å². The number of nitrogens with one attached hydrogen (secondary N) is 1. The Bertz CT molecular complexity index is 1080. The summed E-state index contributed by atoms with van der Waals surface area (Å²) in [5.74, 6) is -0.0273. The highest BCUT2D eigenvalue weighted by atomic mass is 32.2. The molecule has 1 atom stereocenters. The molecule has 2 heterocycles. The molecule has 1 unspecified atom stereocenters. The van der Waals surface area contributed by atoms with Crippen LogP contribution in [-0.2, 0) is 24.7 Å². The molecule has 158 valence electrons. The van der Waals surface area contributed by atoms with Gasteiger partial charge in [0.25, 0.3) is 15.9 Å². The Kier molecular flexibility index (Phi) is 5.93. The topological polar surface area (TPSA) is 110 Å². The zero-order chi connectivity index (χ0) is 21.3. The van der Waals surface area contributed by atoms with Gasteiger partial charge in [-0.05, 0) is 49.1 Å². The molecule has 3 rings (SSSR count). The Morgan fingerprint density at radius 2 is 1.97 bits per heavy atom. The van der Waals surface area contributed by atoms with Crippen molar-refractivity contribution in [2.24, 2.45) is 0 Å². The minimum Gasteiger partial charge on any atom is -0.484 e. The summed E-state index contributed by atoms with van der Waals surface area (Å²) in [5.41, 5.74) is -0.319. The first-order valence-corrected chi connectivity index (χ1v) is 12.9. The molecule has 1 fully saturated rings. The zero-order valence-electron chi connectivity index (χ0n) is 16.0. The molecule has 2 aromatic rings. The summed E-state index contributed by atoms with van der Waals surface area (Å²) in [5, 5.41) is 4.42. The number of carbonyl (C=O) groups excluding carboxylic acids is 1. The normalized spacial score (nSPS) is 20.9. The number of anilines is 1. The fraction of sp³-hybridized carbons (Fsp3) is 0.389. The van der Waals surface area contributed by atoms with Gasteiger partial charge in [-0.2, -0.15) is 0 Å². The van der Waals surface area contributed by atoms with Gasteiger partial charge in [0.05, 0.1) is 22.7 Å². The first-order valence-electron chi connectivity index (χ1n) is 8.78. The molecule has 8 nitrogen and oxygen atoms in total. The van der Waals surface area contributed by atoms with E-state index < -0.39 is 31.3 Å². The molecule has 0 spiro atoms. The molecule has 1 aliphatic rings. The number of hydrogen-bond acceptors (Lipinski definition) is 7. The molecular formula is C18H22N2O6S3. The van der Waals surface area contributed by atoms with Gasteiger partial charge in [0.2, 0.25) is 0 Å². The molecule has 11 heteroatoms. The summed E-state index contributed by atoms with van der Waals surface area (Å²) < 4.78 is 55.2. The van der Waals surface area contributed by atoms with E-state index in [2.05, 4.69) is 5.32 Å². The predicted octanol–water partition coefficient (Wildman–Crippen LogP) is 1.65. The van der Waals surface area contributed by atoms with Gasteiger partial charge in [-0.15, -0.1) is 11.3 Å². The highest BCUT2D eigenvalue weighted by Gasteiger charge is 2.39. The lowest BCUT2D eigenvalue weighted by Gasteiger charge is -2.23. The van der Waals surface area contributed by atoms with E-state index in [-0.39, 0.29) is 22.3 Å². The second-order valence-corrected chi connectivity index (χ2v) is 12.5. The number of ether oxygens (including phenoxy) is 1. The standard InChI is InChI=1S/C18H22N2O6S3/c1-18(9-11-28(22,23)13-18)19-16(21)12-26-15-7-5-14(6-8-15)20(2)29(24,25)17-4-3-10-27-17/h3-8,10H,9,11-13H2,1-2H3,(H,19,21).